The van der Waals surface area contributed by atoms with Gasteiger partial charge in [-0.2, -0.15) is 4.37 Å². The van der Waals surface area contributed by atoms with Crippen LogP contribution < -0.4 is 5.32 Å². The number of nitrogens with zero attached hydrogens (tertiary/aromatic N) is 3. The third kappa shape index (κ3) is 3.41. The molecule has 3 amide bonds. The minimum absolute atomic E-state index is 0.0306. The predicted octanol–water partition coefficient (Wildman–Crippen LogP) is 2.89. The summed E-state index contributed by atoms with van der Waals surface area (Å²) >= 11 is 1.24. The van der Waals surface area contributed by atoms with Gasteiger partial charge in [0.25, 0.3) is 0 Å². The molecular weight excluding hydrogens is 324 g/mol. The first-order valence-corrected chi connectivity index (χ1v) is 8.64. The van der Waals surface area contributed by atoms with E-state index in [1.165, 1.54) is 16.4 Å². The van der Waals surface area contributed by atoms with Crippen molar-refractivity contribution in [1.82, 2.24) is 14.2 Å². The Bertz CT molecular complexity index is 729. The zero-order valence-electron chi connectivity index (χ0n) is 13.7. The number of amides is 3. The van der Waals surface area contributed by atoms with Crippen LogP contribution in [0.15, 0.2) is 36.4 Å². The Kier molecular flexibility index (Phi) is 4.80. The first-order valence-electron chi connectivity index (χ1n) is 7.87. The molecule has 1 aliphatic heterocycles. The van der Waals surface area contributed by atoms with Crippen LogP contribution >= 0.6 is 11.5 Å². The standard InChI is InChI=1S/C17H20N4O2S/c1-20(2)16(22)14-9-6-10-21(14)17(23)18-15-11-13(19-24-15)12-7-4-3-5-8-12/h3-5,7-8,11,14H,6,9-10H2,1-2H3,(H,18,23)/t14-/m1/s1. The lowest BCUT2D eigenvalue weighted by atomic mass is 10.2. The largest absolute Gasteiger partial charge is 0.347 e. The molecule has 6 nitrogen and oxygen atoms in total. The van der Waals surface area contributed by atoms with E-state index >= 15 is 0 Å². The molecule has 24 heavy (non-hydrogen) atoms. The number of nitrogens with one attached hydrogen (secondary N) is 1. The van der Waals surface area contributed by atoms with Gasteiger partial charge in [-0.3, -0.25) is 10.1 Å². The molecule has 1 saturated heterocycles. The molecule has 1 aliphatic rings. The Balaban J connectivity index is 1.69. The van der Waals surface area contributed by atoms with E-state index in [1.807, 2.05) is 36.4 Å². The zero-order chi connectivity index (χ0) is 17.1. The average Bonchev–Trinajstić information content (AvgIpc) is 3.24. The summed E-state index contributed by atoms with van der Waals surface area (Å²) < 4.78 is 4.38. The van der Waals surface area contributed by atoms with Gasteiger partial charge in [0, 0.05) is 32.3 Å². The normalized spacial score (nSPS) is 16.9. The summed E-state index contributed by atoms with van der Waals surface area (Å²) in [6.45, 7) is 0.598. The van der Waals surface area contributed by atoms with Crippen molar-refractivity contribution in [2.45, 2.75) is 18.9 Å². The van der Waals surface area contributed by atoms with E-state index in [4.69, 9.17) is 0 Å². The summed E-state index contributed by atoms with van der Waals surface area (Å²) in [6.07, 6.45) is 1.55. The van der Waals surface area contributed by atoms with Crippen molar-refractivity contribution in [3.63, 3.8) is 0 Å². The Hall–Kier alpha value is -2.41. The minimum atomic E-state index is -0.374. The van der Waals surface area contributed by atoms with Crippen LogP contribution in [-0.2, 0) is 4.79 Å². The van der Waals surface area contributed by atoms with Gasteiger partial charge >= 0.3 is 6.03 Å². The van der Waals surface area contributed by atoms with Gasteiger partial charge in [0.1, 0.15) is 11.0 Å². The molecular formula is C17H20N4O2S. The average molecular weight is 344 g/mol. The fraction of sp³-hybridized carbons (Fsp3) is 0.353. The first-order chi connectivity index (χ1) is 11.6. The first kappa shape index (κ1) is 16.4. The van der Waals surface area contributed by atoms with Gasteiger partial charge in [-0.1, -0.05) is 30.3 Å². The molecule has 7 heteroatoms. The summed E-state index contributed by atoms with van der Waals surface area (Å²) in [5, 5.41) is 3.55. The van der Waals surface area contributed by atoms with Crippen LogP contribution in [0.25, 0.3) is 11.3 Å². The predicted molar refractivity (Wildman–Crippen MR) is 95.0 cm³/mol. The Morgan fingerprint density at radius 1 is 1.29 bits per heavy atom. The number of rotatable bonds is 3. The Morgan fingerprint density at radius 2 is 2.04 bits per heavy atom. The van der Waals surface area contributed by atoms with Gasteiger partial charge in [0.15, 0.2) is 0 Å². The summed E-state index contributed by atoms with van der Waals surface area (Å²) in [6, 6.07) is 11.1. The molecule has 1 fully saturated rings. The second kappa shape index (κ2) is 7.00. The maximum atomic E-state index is 12.5. The Morgan fingerprint density at radius 3 is 2.75 bits per heavy atom. The highest BCUT2D eigenvalue weighted by atomic mass is 32.1. The second-order valence-corrected chi connectivity index (χ2v) is 6.76. The number of carbonyl (C=O) groups excluding carboxylic acids is 2. The van der Waals surface area contributed by atoms with Crippen molar-refractivity contribution in [3.05, 3.63) is 36.4 Å². The quantitative estimate of drug-likeness (QED) is 0.931. The maximum Gasteiger partial charge on any atom is 0.323 e. The fourth-order valence-electron chi connectivity index (χ4n) is 2.82. The maximum absolute atomic E-state index is 12.5. The number of benzene rings is 1. The molecule has 3 rings (SSSR count). The topological polar surface area (TPSA) is 65.5 Å². The molecule has 0 saturated carbocycles. The van der Waals surface area contributed by atoms with Crippen LogP contribution in [0.5, 0.6) is 0 Å². The number of likely N-dealkylation sites (N-methyl/N-ethyl adjacent to an activating group) is 1. The van der Waals surface area contributed by atoms with Crippen LogP contribution in [0.4, 0.5) is 9.80 Å². The molecule has 1 aromatic carbocycles. The third-order valence-corrected chi connectivity index (χ3v) is 4.75. The molecule has 2 aromatic rings. The van der Waals surface area contributed by atoms with Crippen molar-refractivity contribution in [3.8, 4) is 11.3 Å². The van der Waals surface area contributed by atoms with Crippen LogP contribution in [0.1, 0.15) is 12.8 Å². The Labute approximate surface area is 145 Å². The van der Waals surface area contributed by atoms with Gasteiger partial charge < -0.3 is 9.80 Å². The van der Waals surface area contributed by atoms with E-state index in [2.05, 4.69) is 9.69 Å². The van der Waals surface area contributed by atoms with Crippen molar-refractivity contribution in [2.75, 3.05) is 26.0 Å². The number of anilines is 1. The molecule has 1 N–H and O–H groups in total. The van der Waals surface area contributed by atoms with Crippen molar-refractivity contribution in [2.24, 2.45) is 0 Å². The summed E-state index contributed by atoms with van der Waals surface area (Å²) in [7, 11) is 3.43. The molecule has 0 unspecified atom stereocenters. The van der Waals surface area contributed by atoms with E-state index < -0.39 is 0 Å². The number of hydrogen-bond donors (Lipinski definition) is 1. The van der Waals surface area contributed by atoms with E-state index in [0.717, 1.165) is 17.7 Å². The van der Waals surface area contributed by atoms with E-state index in [-0.39, 0.29) is 18.0 Å². The van der Waals surface area contributed by atoms with Crippen LogP contribution in [0.2, 0.25) is 0 Å². The SMILES string of the molecule is CN(C)C(=O)[C@H]1CCCN1C(=O)Nc1cc(-c2ccccc2)ns1. The summed E-state index contributed by atoms with van der Waals surface area (Å²) in [4.78, 5) is 27.9. The lowest BCUT2D eigenvalue weighted by Crippen LogP contribution is -2.46. The number of hydrogen-bond acceptors (Lipinski definition) is 4. The highest BCUT2D eigenvalue weighted by molar-refractivity contribution is 7.10. The monoisotopic (exact) mass is 344 g/mol. The highest BCUT2D eigenvalue weighted by Crippen LogP contribution is 2.26. The van der Waals surface area contributed by atoms with Crippen molar-refractivity contribution < 1.29 is 9.59 Å². The van der Waals surface area contributed by atoms with Crippen molar-refractivity contribution in [1.29, 1.82) is 0 Å². The van der Waals surface area contributed by atoms with Gasteiger partial charge in [0.2, 0.25) is 5.91 Å². The van der Waals surface area contributed by atoms with E-state index in [0.29, 0.717) is 18.0 Å². The van der Waals surface area contributed by atoms with Gasteiger partial charge in [-0.15, -0.1) is 0 Å². The van der Waals surface area contributed by atoms with E-state index in [9.17, 15) is 9.59 Å². The molecule has 0 bridgehead atoms. The van der Waals surface area contributed by atoms with Crippen LogP contribution in [0, 0.1) is 0 Å². The van der Waals surface area contributed by atoms with Crippen LogP contribution in [0.3, 0.4) is 0 Å². The van der Waals surface area contributed by atoms with Crippen molar-refractivity contribution >= 4 is 28.5 Å². The number of urea groups is 1. The number of aromatic nitrogens is 1. The highest BCUT2D eigenvalue weighted by Gasteiger charge is 2.35. The smallest absolute Gasteiger partial charge is 0.323 e. The van der Waals surface area contributed by atoms with Gasteiger partial charge in [-0.25, -0.2) is 4.79 Å². The zero-order valence-corrected chi connectivity index (χ0v) is 14.5. The fourth-order valence-corrected chi connectivity index (χ4v) is 3.47. The second-order valence-electron chi connectivity index (χ2n) is 5.96. The number of likely N-dealkylation sites (tertiary alicyclic amines) is 1. The molecule has 1 aromatic heterocycles. The summed E-state index contributed by atoms with van der Waals surface area (Å²) in [5.41, 5.74) is 1.84. The molecule has 0 radical (unpaired) electrons. The van der Waals surface area contributed by atoms with Gasteiger partial charge in [0.05, 0.1) is 5.69 Å². The minimum Gasteiger partial charge on any atom is -0.347 e. The molecule has 0 aliphatic carbocycles. The van der Waals surface area contributed by atoms with E-state index in [1.54, 1.807) is 19.0 Å². The number of carbonyl (C=O) groups is 2. The molecule has 126 valence electrons. The lowest BCUT2D eigenvalue weighted by Gasteiger charge is -2.26. The molecule has 1 atom stereocenters. The molecule has 0 spiro atoms. The third-order valence-electron chi connectivity index (χ3n) is 4.05. The lowest BCUT2D eigenvalue weighted by molar-refractivity contribution is -0.132. The molecule has 2 heterocycles. The summed E-state index contributed by atoms with van der Waals surface area (Å²) in [5.74, 6) is -0.0306. The van der Waals surface area contributed by atoms with Crippen LogP contribution in [-0.4, -0.2) is 52.8 Å². The van der Waals surface area contributed by atoms with Gasteiger partial charge in [-0.05, 0) is 24.4 Å².